The number of rotatable bonds is 6. The van der Waals surface area contributed by atoms with Crippen molar-refractivity contribution in [3.8, 4) is 0 Å². The van der Waals surface area contributed by atoms with E-state index in [1.54, 1.807) is 0 Å². The molecular formula is C21H22F6N2O3S. The molecule has 33 heavy (non-hydrogen) atoms. The zero-order valence-electron chi connectivity index (χ0n) is 18.0. The Morgan fingerprint density at radius 1 is 1.06 bits per heavy atom. The number of carbonyl (C=O) groups is 1. The van der Waals surface area contributed by atoms with Crippen LogP contribution in [0.25, 0.3) is 0 Å². The van der Waals surface area contributed by atoms with Crippen LogP contribution < -0.4 is 0 Å². The van der Waals surface area contributed by atoms with Crippen LogP contribution in [0.2, 0.25) is 0 Å². The van der Waals surface area contributed by atoms with Crippen molar-refractivity contribution in [2.45, 2.75) is 55.1 Å². The SMILES string of the molecule is Cn1nc(C(F)(F)F)cc1C(=O)CC1CC(C(C)(C)S(=O)(=O)c2cccc(C(F)(F)F)c2)C1. The molecule has 1 fully saturated rings. The molecule has 0 aliphatic heterocycles. The van der Waals surface area contributed by atoms with Crippen LogP contribution >= 0.6 is 0 Å². The average Bonchev–Trinajstić information content (AvgIpc) is 3.05. The summed E-state index contributed by atoms with van der Waals surface area (Å²) in [6.45, 7) is 2.87. The molecule has 0 saturated heterocycles. The van der Waals surface area contributed by atoms with Crippen LogP contribution in [0.3, 0.4) is 0 Å². The molecule has 0 amide bonds. The van der Waals surface area contributed by atoms with E-state index in [0.717, 1.165) is 22.9 Å². The van der Waals surface area contributed by atoms with E-state index < -0.39 is 54.8 Å². The van der Waals surface area contributed by atoms with Crippen molar-refractivity contribution in [1.82, 2.24) is 9.78 Å². The molecule has 0 N–H and O–H groups in total. The Hall–Kier alpha value is -2.37. The zero-order chi connectivity index (χ0) is 25.0. The van der Waals surface area contributed by atoms with Gasteiger partial charge in [-0.15, -0.1) is 0 Å². The van der Waals surface area contributed by atoms with Crippen LogP contribution in [0.15, 0.2) is 35.2 Å². The molecule has 12 heteroatoms. The molecule has 1 aliphatic rings. The molecule has 1 aliphatic carbocycles. The van der Waals surface area contributed by atoms with Crippen LogP contribution in [-0.4, -0.2) is 28.7 Å². The molecule has 0 atom stereocenters. The molecule has 0 radical (unpaired) electrons. The quantitative estimate of drug-likeness (QED) is 0.402. The van der Waals surface area contributed by atoms with Gasteiger partial charge in [0.25, 0.3) is 0 Å². The van der Waals surface area contributed by atoms with Gasteiger partial charge in [-0.3, -0.25) is 9.48 Å². The summed E-state index contributed by atoms with van der Waals surface area (Å²) in [6, 6.07) is 4.24. The summed E-state index contributed by atoms with van der Waals surface area (Å²) >= 11 is 0. The number of alkyl halides is 6. The van der Waals surface area contributed by atoms with Gasteiger partial charge in [0.05, 0.1) is 15.2 Å². The van der Waals surface area contributed by atoms with E-state index in [4.69, 9.17) is 0 Å². The molecule has 0 bridgehead atoms. The summed E-state index contributed by atoms with van der Waals surface area (Å²) in [5.41, 5.74) is -2.43. The van der Waals surface area contributed by atoms with Gasteiger partial charge in [0, 0.05) is 13.5 Å². The minimum atomic E-state index is -4.69. The number of hydrogen-bond donors (Lipinski definition) is 0. The fourth-order valence-corrected chi connectivity index (χ4v) is 5.84. The number of sulfone groups is 1. The lowest BCUT2D eigenvalue weighted by atomic mass is 9.67. The van der Waals surface area contributed by atoms with E-state index in [9.17, 15) is 39.6 Å². The molecule has 2 aromatic rings. The van der Waals surface area contributed by atoms with Crippen LogP contribution in [0.1, 0.15) is 54.9 Å². The van der Waals surface area contributed by atoms with Crippen molar-refractivity contribution in [3.63, 3.8) is 0 Å². The number of benzene rings is 1. The Labute approximate surface area is 186 Å². The number of Topliss-reactive ketones (excluding diaryl/α,β-unsaturated/α-hetero) is 1. The summed E-state index contributed by atoms with van der Waals surface area (Å²) in [5, 5.41) is 3.31. The van der Waals surface area contributed by atoms with Gasteiger partial charge in [0.15, 0.2) is 21.3 Å². The number of aromatic nitrogens is 2. The second-order valence-electron chi connectivity index (χ2n) is 8.83. The lowest BCUT2D eigenvalue weighted by Crippen LogP contribution is -2.46. The largest absolute Gasteiger partial charge is 0.435 e. The third kappa shape index (κ3) is 4.80. The molecule has 5 nitrogen and oxygen atoms in total. The lowest BCUT2D eigenvalue weighted by Gasteiger charge is -2.44. The summed E-state index contributed by atoms with van der Waals surface area (Å²) in [7, 11) is -2.90. The molecule has 0 spiro atoms. The van der Waals surface area contributed by atoms with Crippen molar-refractivity contribution in [1.29, 1.82) is 0 Å². The van der Waals surface area contributed by atoms with Gasteiger partial charge in [-0.05, 0) is 62.8 Å². The highest BCUT2D eigenvalue weighted by Crippen LogP contribution is 2.48. The Kier molecular flexibility index (Phi) is 6.23. The lowest BCUT2D eigenvalue weighted by molar-refractivity contribution is -0.141. The number of nitrogens with zero attached hydrogens (tertiary/aromatic N) is 2. The maximum atomic E-state index is 13.1. The minimum Gasteiger partial charge on any atom is -0.292 e. The highest BCUT2D eigenvalue weighted by atomic mass is 32.2. The topological polar surface area (TPSA) is 69.0 Å². The van der Waals surface area contributed by atoms with E-state index in [1.165, 1.54) is 20.9 Å². The molecule has 182 valence electrons. The number of aryl methyl sites for hydroxylation is 1. The van der Waals surface area contributed by atoms with Gasteiger partial charge in [-0.2, -0.15) is 31.4 Å². The second-order valence-corrected chi connectivity index (χ2v) is 11.4. The maximum Gasteiger partial charge on any atom is 0.435 e. The zero-order valence-corrected chi connectivity index (χ0v) is 18.8. The molecule has 1 saturated carbocycles. The number of ketones is 1. The summed E-state index contributed by atoms with van der Waals surface area (Å²) in [4.78, 5) is 12.0. The number of hydrogen-bond acceptors (Lipinski definition) is 4. The van der Waals surface area contributed by atoms with Crippen molar-refractivity contribution in [2.24, 2.45) is 18.9 Å². The van der Waals surface area contributed by atoms with Gasteiger partial charge in [0.2, 0.25) is 0 Å². The van der Waals surface area contributed by atoms with E-state index in [1.807, 2.05) is 0 Å². The smallest absolute Gasteiger partial charge is 0.292 e. The van der Waals surface area contributed by atoms with E-state index in [2.05, 4.69) is 5.10 Å². The van der Waals surface area contributed by atoms with E-state index >= 15 is 0 Å². The highest BCUT2D eigenvalue weighted by Gasteiger charge is 2.49. The Balaban J connectivity index is 1.70. The third-order valence-corrected chi connectivity index (χ3v) is 8.91. The first-order valence-electron chi connectivity index (χ1n) is 10.0. The number of halogens is 6. The van der Waals surface area contributed by atoms with Crippen LogP contribution in [0.5, 0.6) is 0 Å². The molecule has 1 aromatic carbocycles. The first-order valence-corrected chi connectivity index (χ1v) is 11.5. The Morgan fingerprint density at radius 3 is 2.18 bits per heavy atom. The van der Waals surface area contributed by atoms with E-state index in [-0.39, 0.29) is 18.0 Å². The maximum absolute atomic E-state index is 13.1. The molecular weight excluding hydrogens is 474 g/mol. The van der Waals surface area contributed by atoms with Crippen molar-refractivity contribution < 1.29 is 39.6 Å². The molecule has 0 unspecified atom stereocenters. The van der Waals surface area contributed by atoms with Crippen LogP contribution in [-0.2, 0) is 29.2 Å². The minimum absolute atomic E-state index is 0.0764. The monoisotopic (exact) mass is 496 g/mol. The normalized spacial score (nSPS) is 19.9. The van der Waals surface area contributed by atoms with Crippen molar-refractivity contribution >= 4 is 15.6 Å². The van der Waals surface area contributed by atoms with Crippen LogP contribution in [0.4, 0.5) is 26.3 Å². The first kappa shape index (κ1) is 25.3. The summed E-state index contributed by atoms with van der Waals surface area (Å²) < 4.78 is 103. The third-order valence-electron chi connectivity index (χ3n) is 6.31. The van der Waals surface area contributed by atoms with Gasteiger partial charge >= 0.3 is 12.4 Å². The average molecular weight is 496 g/mol. The summed E-state index contributed by atoms with van der Waals surface area (Å²) in [6.07, 6.45) is -8.83. The second kappa shape index (κ2) is 8.14. The van der Waals surface area contributed by atoms with Gasteiger partial charge < -0.3 is 0 Å². The van der Waals surface area contributed by atoms with E-state index in [0.29, 0.717) is 25.0 Å². The predicted octanol–water partition coefficient (Wildman–Crippen LogP) is 5.31. The highest BCUT2D eigenvalue weighted by molar-refractivity contribution is 7.92. The fraction of sp³-hybridized carbons (Fsp3) is 0.524. The van der Waals surface area contributed by atoms with Crippen molar-refractivity contribution in [3.05, 3.63) is 47.3 Å². The molecule has 1 aromatic heterocycles. The van der Waals surface area contributed by atoms with Crippen LogP contribution in [0, 0.1) is 11.8 Å². The Morgan fingerprint density at radius 2 is 1.67 bits per heavy atom. The number of carbonyl (C=O) groups excluding carboxylic acids is 1. The predicted molar refractivity (Wildman–Crippen MR) is 106 cm³/mol. The first-order chi connectivity index (χ1) is 14.9. The standard InChI is InChI=1S/C21H22F6N2O3S/c1-19(2,33(31,32)15-6-4-5-13(10-15)20(22,23)24)14-7-12(8-14)9-17(30)16-11-18(21(25,26)27)28-29(16)3/h4-6,10-12,14H,7-9H2,1-3H3. The van der Waals surface area contributed by atoms with Gasteiger partial charge in [0.1, 0.15) is 5.69 Å². The molecule has 3 rings (SSSR count). The fourth-order valence-electron chi connectivity index (χ4n) is 4.07. The Bertz CT molecular complexity index is 1160. The van der Waals surface area contributed by atoms with Gasteiger partial charge in [-0.1, -0.05) is 6.07 Å². The van der Waals surface area contributed by atoms with Crippen molar-refractivity contribution in [2.75, 3.05) is 0 Å². The molecule has 1 heterocycles. The summed E-state index contributed by atoms with van der Waals surface area (Å²) in [5.74, 6) is -1.21. The van der Waals surface area contributed by atoms with Gasteiger partial charge in [-0.25, -0.2) is 8.42 Å².